The van der Waals surface area contributed by atoms with E-state index < -0.39 is 0 Å². The Labute approximate surface area is 184 Å². The lowest BCUT2D eigenvalue weighted by atomic mass is 10.0. The molecule has 0 atom stereocenters. The van der Waals surface area contributed by atoms with E-state index in [2.05, 4.69) is 24.1 Å². The van der Waals surface area contributed by atoms with Gasteiger partial charge in [0.15, 0.2) is 11.5 Å². The fraction of sp³-hybridized carbons (Fsp3) is 0.591. The molecule has 1 aliphatic heterocycles. The SMILES string of the molecule is CCOc1c(Cl)cc(CNCc2c(C(C)C)nn(C)c2N2CCOCC2)cc1OC. The van der Waals surface area contributed by atoms with Gasteiger partial charge in [-0.05, 0) is 30.5 Å². The predicted octanol–water partition coefficient (Wildman–Crippen LogP) is 3.73. The largest absolute Gasteiger partial charge is 0.493 e. The van der Waals surface area contributed by atoms with Crippen LogP contribution in [0.4, 0.5) is 5.82 Å². The standard InChI is InChI=1S/C22H33ClN4O3/c1-6-30-21-18(23)11-16(12-19(21)28-5)13-24-14-17-20(15(2)3)25-26(4)22(17)27-7-9-29-10-8-27/h11-12,15,24H,6-10,13-14H2,1-5H3. The molecule has 7 nitrogen and oxygen atoms in total. The van der Waals surface area contributed by atoms with Crippen molar-refractivity contribution in [3.63, 3.8) is 0 Å². The average Bonchev–Trinajstić information content (AvgIpc) is 3.07. The summed E-state index contributed by atoms with van der Waals surface area (Å²) in [5.41, 5.74) is 3.43. The predicted molar refractivity (Wildman–Crippen MR) is 120 cm³/mol. The van der Waals surface area contributed by atoms with E-state index >= 15 is 0 Å². The van der Waals surface area contributed by atoms with Gasteiger partial charge in [-0.3, -0.25) is 4.68 Å². The normalized spacial score (nSPS) is 14.4. The number of morpholine rings is 1. The maximum Gasteiger partial charge on any atom is 0.179 e. The Bertz CT molecular complexity index is 847. The minimum atomic E-state index is 0.350. The van der Waals surface area contributed by atoms with Crippen molar-refractivity contribution in [2.24, 2.45) is 7.05 Å². The first-order valence-corrected chi connectivity index (χ1v) is 10.9. The molecule has 0 aliphatic carbocycles. The lowest BCUT2D eigenvalue weighted by Gasteiger charge is -2.29. The first-order chi connectivity index (χ1) is 14.5. The van der Waals surface area contributed by atoms with Crippen LogP contribution in [0.25, 0.3) is 0 Å². The highest BCUT2D eigenvalue weighted by Gasteiger charge is 2.24. The third kappa shape index (κ3) is 5.02. The number of nitrogens with zero attached hydrogens (tertiary/aromatic N) is 3. The van der Waals surface area contributed by atoms with E-state index in [1.165, 1.54) is 11.4 Å². The van der Waals surface area contributed by atoms with Crippen LogP contribution in [-0.2, 0) is 24.9 Å². The van der Waals surface area contributed by atoms with Gasteiger partial charge >= 0.3 is 0 Å². The van der Waals surface area contributed by atoms with E-state index in [4.69, 9.17) is 30.9 Å². The highest BCUT2D eigenvalue weighted by atomic mass is 35.5. The molecular formula is C22H33ClN4O3. The Balaban J connectivity index is 1.78. The van der Waals surface area contributed by atoms with Gasteiger partial charge in [0, 0.05) is 38.8 Å². The summed E-state index contributed by atoms with van der Waals surface area (Å²) in [5.74, 6) is 2.77. The number of halogens is 1. The zero-order valence-corrected chi connectivity index (χ0v) is 19.4. The fourth-order valence-electron chi connectivity index (χ4n) is 3.87. The number of aryl methyl sites for hydroxylation is 1. The summed E-state index contributed by atoms with van der Waals surface area (Å²) in [7, 11) is 3.65. The number of hydrogen-bond donors (Lipinski definition) is 1. The smallest absolute Gasteiger partial charge is 0.179 e. The van der Waals surface area contributed by atoms with E-state index in [-0.39, 0.29) is 0 Å². The molecule has 0 unspecified atom stereocenters. The summed E-state index contributed by atoms with van der Waals surface area (Å²) in [5, 5.41) is 8.95. The first-order valence-electron chi connectivity index (χ1n) is 10.5. The zero-order chi connectivity index (χ0) is 21.7. The van der Waals surface area contributed by atoms with Crippen LogP contribution >= 0.6 is 11.6 Å². The Kier molecular flexibility index (Phi) is 7.86. The summed E-state index contributed by atoms with van der Waals surface area (Å²) >= 11 is 6.42. The summed E-state index contributed by atoms with van der Waals surface area (Å²) in [6, 6.07) is 3.90. The fourth-order valence-corrected chi connectivity index (χ4v) is 4.16. The molecule has 1 aromatic carbocycles. The third-order valence-electron chi connectivity index (χ3n) is 5.21. The number of rotatable bonds is 9. The molecule has 30 heavy (non-hydrogen) atoms. The van der Waals surface area contributed by atoms with Gasteiger partial charge in [0.05, 0.1) is 37.6 Å². The van der Waals surface area contributed by atoms with Gasteiger partial charge in [0.25, 0.3) is 0 Å². The molecule has 3 rings (SSSR count). The quantitative estimate of drug-likeness (QED) is 0.646. The molecular weight excluding hydrogens is 404 g/mol. The van der Waals surface area contributed by atoms with Crippen LogP contribution in [0.2, 0.25) is 5.02 Å². The Morgan fingerprint density at radius 1 is 1.23 bits per heavy atom. The van der Waals surface area contributed by atoms with Crippen LogP contribution in [0, 0.1) is 0 Å². The Morgan fingerprint density at radius 3 is 2.60 bits per heavy atom. The van der Waals surface area contributed by atoms with Crippen LogP contribution in [-0.4, -0.2) is 49.8 Å². The second-order valence-corrected chi connectivity index (χ2v) is 8.12. The molecule has 1 fully saturated rings. The number of benzene rings is 1. The number of hydrogen-bond acceptors (Lipinski definition) is 6. The molecule has 1 N–H and O–H groups in total. The number of ether oxygens (including phenoxy) is 3. The van der Waals surface area contributed by atoms with Crippen LogP contribution in [0.3, 0.4) is 0 Å². The van der Waals surface area contributed by atoms with E-state index in [1.54, 1.807) is 7.11 Å². The van der Waals surface area contributed by atoms with Gasteiger partial charge in [-0.15, -0.1) is 0 Å². The average molecular weight is 437 g/mol. The van der Waals surface area contributed by atoms with Crippen molar-refractivity contribution in [1.29, 1.82) is 0 Å². The maximum absolute atomic E-state index is 6.42. The highest BCUT2D eigenvalue weighted by molar-refractivity contribution is 6.32. The van der Waals surface area contributed by atoms with E-state index in [0.717, 1.165) is 44.1 Å². The highest BCUT2D eigenvalue weighted by Crippen LogP contribution is 2.36. The topological polar surface area (TPSA) is 60.8 Å². The second kappa shape index (κ2) is 10.4. The van der Waals surface area contributed by atoms with Crippen molar-refractivity contribution in [3.05, 3.63) is 34.0 Å². The summed E-state index contributed by atoms with van der Waals surface area (Å²) in [4.78, 5) is 2.37. The van der Waals surface area contributed by atoms with Gasteiger partial charge in [-0.2, -0.15) is 5.10 Å². The van der Waals surface area contributed by atoms with Gasteiger partial charge in [-0.1, -0.05) is 25.4 Å². The van der Waals surface area contributed by atoms with Crippen molar-refractivity contribution in [3.8, 4) is 11.5 Å². The first kappa shape index (κ1) is 22.7. The van der Waals surface area contributed by atoms with Gasteiger partial charge in [0.1, 0.15) is 5.82 Å². The van der Waals surface area contributed by atoms with Crippen molar-refractivity contribution in [2.75, 3.05) is 44.9 Å². The summed E-state index contributed by atoms with van der Waals surface area (Å²) < 4.78 is 18.6. The van der Waals surface area contributed by atoms with Crippen LogP contribution in [0.5, 0.6) is 11.5 Å². The van der Waals surface area contributed by atoms with Gasteiger partial charge in [-0.25, -0.2) is 0 Å². The molecule has 0 saturated carbocycles. The molecule has 2 heterocycles. The monoisotopic (exact) mass is 436 g/mol. The van der Waals surface area contributed by atoms with Crippen LogP contribution in [0.1, 0.15) is 43.5 Å². The van der Waals surface area contributed by atoms with E-state index in [9.17, 15) is 0 Å². The number of methoxy groups -OCH3 is 1. The minimum absolute atomic E-state index is 0.350. The van der Waals surface area contributed by atoms with E-state index in [1.807, 2.05) is 30.8 Å². The minimum Gasteiger partial charge on any atom is -0.493 e. The summed E-state index contributed by atoms with van der Waals surface area (Å²) in [6.07, 6.45) is 0. The molecule has 1 aliphatic rings. The third-order valence-corrected chi connectivity index (χ3v) is 5.49. The Hall–Kier alpha value is -1.96. The number of aromatic nitrogens is 2. The molecule has 0 radical (unpaired) electrons. The van der Waals surface area contributed by atoms with Crippen molar-refractivity contribution in [2.45, 2.75) is 39.8 Å². The molecule has 1 saturated heterocycles. The van der Waals surface area contributed by atoms with Crippen LogP contribution < -0.4 is 19.7 Å². The molecule has 8 heteroatoms. The zero-order valence-electron chi connectivity index (χ0n) is 18.6. The molecule has 0 amide bonds. The number of anilines is 1. The molecule has 0 spiro atoms. The molecule has 166 valence electrons. The lowest BCUT2D eigenvalue weighted by Crippen LogP contribution is -2.38. The molecule has 1 aromatic heterocycles. The van der Waals surface area contributed by atoms with E-state index in [0.29, 0.717) is 35.6 Å². The van der Waals surface area contributed by atoms with Gasteiger partial charge in [0.2, 0.25) is 0 Å². The maximum atomic E-state index is 6.42. The van der Waals surface area contributed by atoms with Crippen molar-refractivity contribution >= 4 is 17.4 Å². The molecule has 2 aromatic rings. The van der Waals surface area contributed by atoms with Gasteiger partial charge < -0.3 is 24.4 Å². The van der Waals surface area contributed by atoms with Crippen LogP contribution in [0.15, 0.2) is 12.1 Å². The Morgan fingerprint density at radius 2 is 1.97 bits per heavy atom. The van der Waals surface area contributed by atoms with Crippen molar-refractivity contribution < 1.29 is 14.2 Å². The second-order valence-electron chi connectivity index (χ2n) is 7.71. The number of nitrogens with one attached hydrogen (secondary N) is 1. The summed E-state index contributed by atoms with van der Waals surface area (Å²) in [6.45, 7) is 11.5. The molecule has 0 bridgehead atoms. The van der Waals surface area contributed by atoms with Crippen molar-refractivity contribution in [1.82, 2.24) is 15.1 Å². The lowest BCUT2D eigenvalue weighted by molar-refractivity contribution is 0.122.